The van der Waals surface area contributed by atoms with Crippen molar-refractivity contribution in [3.05, 3.63) is 0 Å². The average Bonchev–Trinajstić information content (AvgIpc) is 2.11. The van der Waals surface area contributed by atoms with Crippen LogP contribution in [0.15, 0.2) is 0 Å². The Kier molecular flexibility index (Phi) is 5.88. The molecule has 0 aliphatic carbocycles. The van der Waals surface area contributed by atoms with Crippen LogP contribution in [0.3, 0.4) is 0 Å². The molecule has 0 saturated carbocycles. The van der Waals surface area contributed by atoms with Gasteiger partial charge in [-0.05, 0) is 13.3 Å². The number of nitrogens with one attached hydrogen (secondary N) is 1. The van der Waals surface area contributed by atoms with Crippen LogP contribution in [0, 0.1) is 0 Å². The summed E-state index contributed by atoms with van der Waals surface area (Å²) in [5.74, 6) is -0.472. The molecule has 0 bridgehead atoms. The maximum absolute atomic E-state index is 10.9. The summed E-state index contributed by atoms with van der Waals surface area (Å²) in [6, 6.07) is -0.502. The Labute approximate surface area is 77.6 Å². The van der Waals surface area contributed by atoms with Crippen molar-refractivity contribution in [2.24, 2.45) is 5.73 Å². The first kappa shape index (κ1) is 11.9. The van der Waals surface area contributed by atoms with E-state index in [9.17, 15) is 9.59 Å². The normalized spacial score (nSPS) is 11.9. The molecular weight excluding hydrogens is 172 g/mol. The number of amides is 1. The van der Waals surface area contributed by atoms with Gasteiger partial charge in [0.15, 0.2) is 0 Å². The summed E-state index contributed by atoms with van der Waals surface area (Å²) in [5.41, 5.74) is 5.30. The van der Waals surface area contributed by atoms with Gasteiger partial charge in [-0.2, -0.15) is 0 Å². The summed E-state index contributed by atoms with van der Waals surface area (Å²) in [5, 5.41) is 2.59. The second-order valence-electron chi connectivity index (χ2n) is 2.76. The van der Waals surface area contributed by atoms with Crippen LogP contribution in [0.1, 0.15) is 19.8 Å². The molecule has 1 amide bonds. The number of methoxy groups -OCH3 is 1. The lowest BCUT2D eigenvalue weighted by molar-refractivity contribution is -0.140. The predicted octanol–water partition coefficient (Wildman–Crippen LogP) is -0.597. The van der Waals surface area contributed by atoms with E-state index in [0.717, 1.165) is 0 Å². The summed E-state index contributed by atoms with van der Waals surface area (Å²) in [6.45, 7) is 2.06. The van der Waals surface area contributed by atoms with Crippen molar-refractivity contribution in [1.82, 2.24) is 5.32 Å². The molecule has 0 rings (SSSR count). The van der Waals surface area contributed by atoms with E-state index in [4.69, 9.17) is 5.73 Å². The van der Waals surface area contributed by atoms with Crippen LogP contribution < -0.4 is 11.1 Å². The van der Waals surface area contributed by atoms with Gasteiger partial charge in [-0.3, -0.25) is 9.59 Å². The van der Waals surface area contributed by atoms with Crippen LogP contribution in [0.5, 0.6) is 0 Å². The molecule has 1 atom stereocenters. The fourth-order valence-corrected chi connectivity index (χ4v) is 0.707. The number of carbonyl (C=O) groups is 2. The lowest BCUT2D eigenvalue weighted by Crippen LogP contribution is -2.38. The number of ether oxygens (including phenoxy) is 1. The van der Waals surface area contributed by atoms with Crippen molar-refractivity contribution in [2.75, 3.05) is 13.7 Å². The van der Waals surface area contributed by atoms with Crippen LogP contribution >= 0.6 is 0 Å². The molecule has 0 aromatic heterocycles. The van der Waals surface area contributed by atoms with E-state index < -0.39 is 6.04 Å². The van der Waals surface area contributed by atoms with Gasteiger partial charge in [0, 0.05) is 13.0 Å². The van der Waals surface area contributed by atoms with Crippen molar-refractivity contribution in [3.8, 4) is 0 Å². The molecule has 0 aliphatic rings. The topological polar surface area (TPSA) is 81.4 Å². The molecule has 0 radical (unpaired) electrons. The van der Waals surface area contributed by atoms with E-state index in [2.05, 4.69) is 10.1 Å². The first-order chi connectivity index (χ1) is 6.07. The van der Waals surface area contributed by atoms with E-state index in [-0.39, 0.29) is 11.9 Å². The molecule has 76 valence electrons. The molecule has 5 nitrogen and oxygen atoms in total. The second kappa shape index (κ2) is 6.42. The van der Waals surface area contributed by atoms with Gasteiger partial charge in [-0.1, -0.05) is 0 Å². The molecule has 0 unspecified atom stereocenters. The third-order valence-corrected chi connectivity index (χ3v) is 1.50. The van der Waals surface area contributed by atoms with Gasteiger partial charge in [0.25, 0.3) is 0 Å². The van der Waals surface area contributed by atoms with Crippen molar-refractivity contribution in [3.63, 3.8) is 0 Å². The molecule has 0 saturated heterocycles. The Morgan fingerprint density at radius 1 is 1.54 bits per heavy atom. The van der Waals surface area contributed by atoms with E-state index in [1.807, 2.05) is 0 Å². The number of nitrogens with two attached hydrogens (primary N) is 1. The summed E-state index contributed by atoms with van der Waals surface area (Å²) in [7, 11) is 1.34. The zero-order chi connectivity index (χ0) is 10.3. The molecule has 0 aromatic rings. The Morgan fingerprint density at radius 3 is 2.62 bits per heavy atom. The van der Waals surface area contributed by atoms with E-state index in [1.165, 1.54) is 7.11 Å². The first-order valence-corrected chi connectivity index (χ1v) is 4.18. The maximum Gasteiger partial charge on any atom is 0.305 e. The minimum Gasteiger partial charge on any atom is -0.469 e. The fraction of sp³-hybridized carbons (Fsp3) is 0.750. The van der Waals surface area contributed by atoms with E-state index >= 15 is 0 Å². The molecule has 0 spiro atoms. The number of esters is 1. The Hall–Kier alpha value is -1.10. The Bertz CT molecular complexity index is 180. The highest BCUT2D eigenvalue weighted by Crippen LogP contribution is 1.89. The number of hydrogen-bond acceptors (Lipinski definition) is 4. The van der Waals surface area contributed by atoms with Crippen LogP contribution in [-0.2, 0) is 14.3 Å². The fourth-order valence-electron chi connectivity index (χ4n) is 0.707. The van der Waals surface area contributed by atoms with Crippen LogP contribution in [0.2, 0.25) is 0 Å². The summed E-state index contributed by atoms with van der Waals surface area (Å²) < 4.78 is 4.43. The SMILES string of the molecule is COC(=O)CCCNC(=O)[C@H](C)N. The molecule has 0 aliphatic heterocycles. The number of hydrogen-bond donors (Lipinski definition) is 2. The van der Waals surface area contributed by atoms with Gasteiger partial charge in [0.05, 0.1) is 13.2 Å². The monoisotopic (exact) mass is 188 g/mol. The van der Waals surface area contributed by atoms with Crippen molar-refractivity contribution in [1.29, 1.82) is 0 Å². The molecule has 5 heteroatoms. The zero-order valence-electron chi connectivity index (χ0n) is 8.00. The Balaban J connectivity index is 3.36. The molecule has 3 N–H and O–H groups in total. The molecule has 0 aromatic carbocycles. The molecule has 0 fully saturated rings. The molecular formula is C8H16N2O3. The van der Waals surface area contributed by atoms with Crippen LogP contribution in [0.4, 0.5) is 0 Å². The Morgan fingerprint density at radius 2 is 2.15 bits per heavy atom. The van der Waals surface area contributed by atoms with Crippen LogP contribution in [-0.4, -0.2) is 31.6 Å². The van der Waals surface area contributed by atoms with Crippen molar-refractivity contribution < 1.29 is 14.3 Å². The van der Waals surface area contributed by atoms with Gasteiger partial charge in [0.1, 0.15) is 0 Å². The first-order valence-electron chi connectivity index (χ1n) is 4.18. The highest BCUT2D eigenvalue weighted by Gasteiger charge is 2.06. The minimum absolute atomic E-state index is 0.204. The lowest BCUT2D eigenvalue weighted by atomic mass is 10.3. The average molecular weight is 188 g/mol. The number of rotatable bonds is 5. The van der Waals surface area contributed by atoms with Crippen molar-refractivity contribution in [2.45, 2.75) is 25.8 Å². The zero-order valence-corrected chi connectivity index (χ0v) is 8.00. The third kappa shape index (κ3) is 6.10. The lowest BCUT2D eigenvalue weighted by Gasteiger charge is -2.06. The van der Waals surface area contributed by atoms with Gasteiger partial charge >= 0.3 is 5.97 Å². The molecule has 0 heterocycles. The molecule has 13 heavy (non-hydrogen) atoms. The third-order valence-electron chi connectivity index (χ3n) is 1.50. The summed E-state index contributed by atoms with van der Waals surface area (Å²) in [6.07, 6.45) is 0.890. The largest absolute Gasteiger partial charge is 0.469 e. The van der Waals surface area contributed by atoms with E-state index in [1.54, 1.807) is 6.92 Å². The smallest absolute Gasteiger partial charge is 0.305 e. The predicted molar refractivity (Wildman–Crippen MR) is 47.9 cm³/mol. The van der Waals surface area contributed by atoms with Crippen LogP contribution in [0.25, 0.3) is 0 Å². The standard InChI is InChI=1S/C8H16N2O3/c1-6(9)8(12)10-5-3-4-7(11)13-2/h6H,3-5,9H2,1-2H3,(H,10,12)/t6-/m0/s1. The maximum atomic E-state index is 10.9. The summed E-state index contributed by atoms with van der Waals surface area (Å²) >= 11 is 0. The van der Waals surface area contributed by atoms with Gasteiger partial charge in [0.2, 0.25) is 5.91 Å². The van der Waals surface area contributed by atoms with Gasteiger partial charge in [-0.15, -0.1) is 0 Å². The van der Waals surface area contributed by atoms with Gasteiger partial charge in [-0.25, -0.2) is 0 Å². The van der Waals surface area contributed by atoms with Crippen molar-refractivity contribution >= 4 is 11.9 Å². The quantitative estimate of drug-likeness (QED) is 0.446. The summed E-state index contributed by atoms with van der Waals surface area (Å²) in [4.78, 5) is 21.5. The van der Waals surface area contributed by atoms with Gasteiger partial charge < -0.3 is 15.8 Å². The van der Waals surface area contributed by atoms with E-state index in [0.29, 0.717) is 19.4 Å². The second-order valence-corrected chi connectivity index (χ2v) is 2.76. The highest BCUT2D eigenvalue weighted by atomic mass is 16.5. The minimum atomic E-state index is -0.502. The highest BCUT2D eigenvalue weighted by molar-refractivity contribution is 5.80. The number of carbonyl (C=O) groups excluding carboxylic acids is 2.